The van der Waals surface area contributed by atoms with Gasteiger partial charge in [0.25, 0.3) is 0 Å². The summed E-state index contributed by atoms with van der Waals surface area (Å²) in [4.78, 5) is 10.6. The lowest BCUT2D eigenvalue weighted by atomic mass is 9.92. The number of fused-ring (bicyclic) bond motifs is 6. The molecule has 3 aromatic heterocycles. The molecule has 0 saturated heterocycles. The quantitative estimate of drug-likeness (QED) is 0.171. The molecule has 0 aliphatic carbocycles. The fourth-order valence-corrected chi connectivity index (χ4v) is 9.11. The van der Waals surface area contributed by atoms with Crippen molar-refractivity contribution in [2.45, 2.75) is 0 Å². The van der Waals surface area contributed by atoms with E-state index in [1.54, 1.807) is 11.3 Å². The third-order valence-electron chi connectivity index (χ3n) is 10.7. The lowest BCUT2D eigenvalue weighted by Gasteiger charge is -2.13. The van der Waals surface area contributed by atoms with Gasteiger partial charge in [-0.15, -0.1) is 11.3 Å². The van der Waals surface area contributed by atoms with Crippen LogP contribution in [0.15, 0.2) is 199 Å². The van der Waals surface area contributed by atoms with Gasteiger partial charge in [-0.3, -0.25) is 0 Å². The van der Waals surface area contributed by atoms with Crippen molar-refractivity contribution in [1.82, 2.24) is 9.97 Å². The Kier molecular flexibility index (Phi) is 7.68. The minimum atomic E-state index is 0.688. The van der Waals surface area contributed by atoms with Crippen molar-refractivity contribution in [3.05, 3.63) is 194 Å². The van der Waals surface area contributed by atoms with E-state index in [1.165, 1.54) is 48.0 Å². The molecule has 4 heteroatoms. The van der Waals surface area contributed by atoms with E-state index < -0.39 is 0 Å². The zero-order valence-electron chi connectivity index (χ0n) is 30.2. The van der Waals surface area contributed by atoms with Crippen LogP contribution in [0.2, 0.25) is 0 Å². The van der Waals surface area contributed by atoms with Crippen LogP contribution in [0.25, 0.3) is 109 Å². The summed E-state index contributed by atoms with van der Waals surface area (Å²) in [6, 6.07) is 68.8. The summed E-state index contributed by atoms with van der Waals surface area (Å²) in [7, 11) is 0. The van der Waals surface area contributed by atoms with E-state index in [2.05, 4.69) is 176 Å². The molecule has 0 fully saturated rings. The van der Waals surface area contributed by atoms with Crippen LogP contribution in [0.5, 0.6) is 0 Å². The average Bonchev–Trinajstić information content (AvgIpc) is 3.85. The van der Waals surface area contributed by atoms with Crippen molar-refractivity contribution in [2.24, 2.45) is 0 Å². The standard InChI is InChI=1S/C52H32N2OS/c1-3-14-33(15-4-1)39-30-40(34-16-5-2-6-17-34)32-41(31-39)37-20-11-18-35(28-37)36-19-12-21-38(29-36)49-51-50(42-22-7-9-25-45(42)55-51)54-52(53-49)44-24-13-27-47-48(44)43-23-8-10-26-46(43)56-47/h1-32H. The van der Waals surface area contributed by atoms with Crippen molar-refractivity contribution in [3.63, 3.8) is 0 Å². The maximum Gasteiger partial charge on any atom is 0.180 e. The molecule has 0 aliphatic rings. The summed E-state index contributed by atoms with van der Waals surface area (Å²) in [6.45, 7) is 0. The predicted molar refractivity (Wildman–Crippen MR) is 235 cm³/mol. The number of hydrogen-bond acceptors (Lipinski definition) is 4. The van der Waals surface area contributed by atoms with Crippen molar-refractivity contribution in [2.75, 3.05) is 0 Å². The van der Waals surface area contributed by atoms with Gasteiger partial charge in [0, 0.05) is 36.7 Å². The molecule has 0 amide bonds. The lowest BCUT2D eigenvalue weighted by molar-refractivity contribution is 0.667. The number of thiophene rings is 1. The summed E-state index contributed by atoms with van der Waals surface area (Å²) in [5.41, 5.74) is 14.4. The van der Waals surface area contributed by atoms with Crippen molar-refractivity contribution in [1.29, 1.82) is 0 Å². The number of hydrogen-bond donors (Lipinski definition) is 0. The minimum Gasteiger partial charge on any atom is -0.452 e. The molecule has 3 nitrogen and oxygen atoms in total. The molecule has 0 bridgehead atoms. The fourth-order valence-electron chi connectivity index (χ4n) is 7.98. The smallest absolute Gasteiger partial charge is 0.180 e. The van der Waals surface area contributed by atoms with Crippen molar-refractivity contribution in [3.8, 4) is 67.2 Å². The SMILES string of the molecule is c1ccc(-c2cc(-c3ccccc3)cc(-c3cccc(-c4cccc(-c5nc(-c6cccc7sc8ccccc8c67)nc6c5oc5ccccc56)c4)c3)c2)cc1. The van der Waals surface area contributed by atoms with Crippen LogP contribution in [0, 0.1) is 0 Å². The van der Waals surface area contributed by atoms with Crippen LogP contribution in [0.3, 0.4) is 0 Å². The van der Waals surface area contributed by atoms with Crippen LogP contribution in [-0.4, -0.2) is 9.97 Å². The van der Waals surface area contributed by atoms with E-state index in [-0.39, 0.29) is 0 Å². The maximum absolute atomic E-state index is 6.57. The van der Waals surface area contributed by atoms with Crippen molar-refractivity contribution < 1.29 is 4.42 Å². The summed E-state index contributed by atoms with van der Waals surface area (Å²) in [6.07, 6.45) is 0. The second-order valence-corrected chi connectivity index (χ2v) is 15.2. The third-order valence-corrected chi connectivity index (χ3v) is 11.8. The van der Waals surface area contributed by atoms with Crippen LogP contribution in [0.4, 0.5) is 0 Å². The summed E-state index contributed by atoms with van der Waals surface area (Å²) in [5.74, 6) is 0.688. The molecule has 0 aliphatic heterocycles. The first-order valence-electron chi connectivity index (χ1n) is 18.8. The Morgan fingerprint density at radius 1 is 0.375 bits per heavy atom. The van der Waals surface area contributed by atoms with Gasteiger partial charge in [-0.2, -0.15) is 0 Å². The Bertz CT molecular complexity index is 3190. The lowest BCUT2D eigenvalue weighted by Crippen LogP contribution is -1.94. The topological polar surface area (TPSA) is 38.9 Å². The highest BCUT2D eigenvalue weighted by Gasteiger charge is 2.21. The Balaban J connectivity index is 1.06. The van der Waals surface area contributed by atoms with Gasteiger partial charge in [-0.05, 0) is 99.1 Å². The highest BCUT2D eigenvalue weighted by Crippen LogP contribution is 2.42. The maximum atomic E-state index is 6.57. The molecule has 11 rings (SSSR count). The van der Waals surface area contributed by atoms with Gasteiger partial charge in [-0.25, -0.2) is 9.97 Å². The first-order chi connectivity index (χ1) is 27.7. The van der Waals surface area contributed by atoms with E-state index in [4.69, 9.17) is 14.4 Å². The molecule has 0 radical (unpaired) electrons. The highest BCUT2D eigenvalue weighted by atomic mass is 32.1. The minimum absolute atomic E-state index is 0.688. The van der Waals surface area contributed by atoms with Gasteiger partial charge < -0.3 is 4.42 Å². The van der Waals surface area contributed by atoms with Crippen LogP contribution in [0.1, 0.15) is 0 Å². The van der Waals surface area contributed by atoms with Crippen LogP contribution >= 0.6 is 11.3 Å². The average molecular weight is 733 g/mol. The predicted octanol–water partition coefficient (Wildman–Crippen LogP) is 14.7. The fraction of sp³-hybridized carbons (Fsp3) is 0. The van der Waals surface area contributed by atoms with Crippen molar-refractivity contribution >= 4 is 53.6 Å². The monoisotopic (exact) mass is 732 g/mol. The van der Waals surface area contributed by atoms with E-state index in [0.717, 1.165) is 50.0 Å². The molecule has 262 valence electrons. The molecule has 0 spiro atoms. The Hall–Kier alpha value is -7.14. The summed E-state index contributed by atoms with van der Waals surface area (Å²) in [5, 5.41) is 3.38. The van der Waals surface area contributed by atoms with Crippen LogP contribution < -0.4 is 0 Å². The Morgan fingerprint density at radius 3 is 1.59 bits per heavy atom. The van der Waals surface area contributed by atoms with Gasteiger partial charge >= 0.3 is 0 Å². The van der Waals surface area contributed by atoms with E-state index >= 15 is 0 Å². The molecular formula is C52H32N2OS. The number of rotatable bonds is 6. The van der Waals surface area contributed by atoms with Gasteiger partial charge in [0.15, 0.2) is 11.4 Å². The molecule has 56 heavy (non-hydrogen) atoms. The molecule has 11 aromatic rings. The number of benzene rings is 8. The second kappa shape index (κ2) is 13.3. The normalized spacial score (nSPS) is 11.6. The highest BCUT2D eigenvalue weighted by molar-refractivity contribution is 7.25. The molecule has 3 heterocycles. The van der Waals surface area contributed by atoms with E-state index in [0.29, 0.717) is 11.4 Å². The zero-order valence-corrected chi connectivity index (χ0v) is 31.0. The van der Waals surface area contributed by atoms with Gasteiger partial charge in [0.05, 0.1) is 0 Å². The number of para-hydroxylation sites is 1. The van der Waals surface area contributed by atoms with Gasteiger partial charge in [0.2, 0.25) is 0 Å². The number of aromatic nitrogens is 2. The molecule has 0 saturated carbocycles. The van der Waals surface area contributed by atoms with Gasteiger partial charge in [0.1, 0.15) is 16.8 Å². The number of nitrogens with zero attached hydrogens (tertiary/aromatic N) is 2. The molecule has 0 atom stereocenters. The second-order valence-electron chi connectivity index (χ2n) is 14.1. The summed E-state index contributed by atoms with van der Waals surface area (Å²) >= 11 is 1.80. The third kappa shape index (κ3) is 5.58. The van der Waals surface area contributed by atoms with E-state index in [1.807, 2.05) is 18.2 Å². The summed E-state index contributed by atoms with van der Waals surface area (Å²) < 4.78 is 9.04. The Labute approximate surface area is 327 Å². The largest absolute Gasteiger partial charge is 0.452 e. The Morgan fingerprint density at radius 2 is 0.875 bits per heavy atom. The molecular weight excluding hydrogens is 701 g/mol. The van der Waals surface area contributed by atoms with E-state index in [9.17, 15) is 0 Å². The zero-order chi connectivity index (χ0) is 37.0. The molecule has 8 aromatic carbocycles. The first-order valence-corrected chi connectivity index (χ1v) is 19.6. The van der Waals surface area contributed by atoms with Crippen LogP contribution in [-0.2, 0) is 0 Å². The molecule has 0 unspecified atom stereocenters. The molecule has 0 N–H and O–H groups in total. The number of furan rings is 1. The first kappa shape index (κ1) is 32.3. The van der Waals surface area contributed by atoms with Gasteiger partial charge in [-0.1, -0.05) is 140 Å².